The van der Waals surface area contributed by atoms with Gasteiger partial charge in [0.2, 0.25) is 0 Å². The molecule has 1 amide bonds. The van der Waals surface area contributed by atoms with E-state index in [2.05, 4.69) is 52.6 Å². The second kappa shape index (κ2) is 14.0. The quantitative estimate of drug-likeness (QED) is 0.181. The highest BCUT2D eigenvalue weighted by molar-refractivity contribution is 14.2. The van der Waals surface area contributed by atoms with Crippen molar-refractivity contribution in [2.75, 3.05) is 36.5 Å². The summed E-state index contributed by atoms with van der Waals surface area (Å²) in [6.07, 6.45) is -2.21. The third-order valence-electron chi connectivity index (χ3n) is 5.61. The van der Waals surface area contributed by atoms with Crippen LogP contribution in [0.5, 0.6) is 0 Å². The molecule has 0 saturated carbocycles. The summed E-state index contributed by atoms with van der Waals surface area (Å²) in [6, 6.07) is 6.36. The van der Waals surface area contributed by atoms with Gasteiger partial charge in [-0.3, -0.25) is 9.78 Å². The van der Waals surface area contributed by atoms with Gasteiger partial charge in [0.25, 0.3) is 5.91 Å². The van der Waals surface area contributed by atoms with Crippen LogP contribution in [0.2, 0.25) is 0 Å². The molecule has 0 radical (unpaired) electrons. The van der Waals surface area contributed by atoms with Crippen LogP contribution in [0.4, 0.5) is 28.9 Å². The largest absolute Gasteiger partial charge is 0.433 e. The van der Waals surface area contributed by atoms with Gasteiger partial charge in [0.05, 0.1) is 24.6 Å². The van der Waals surface area contributed by atoms with E-state index < -0.39 is 23.6 Å². The first-order chi connectivity index (χ1) is 18.7. The van der Waals surface area contributed by atoms with Gasteiger partial charge >= 0.3 is 6.18 Å². The minimum atomic E-state index is -4.71. The molecule has 1 aliphatic rings. The van der Waals surface area contributed by atoms with Gasteiger partial charge in [-0.05, 0) is 68.5 Å². The van der Waals surface area contributed by atoms with Crippen molar-refractivity contribution in [3.05, 3.63) is 71.1 Å². The summed E-state index contributed by atoms with van der Waals surface area (Å²) in [5.41, 5.74) is 1.60. The number of hydrogen-bond acceptors (Lipinski definition) is 6. The maximum Gasteiger partial charge on any atom is 0.433 e. The van der Waals surface area contributed by atoms with Crippen LogP contribution in [-0.4, -0.2) is 42.2 Å². The number of nitrogens with zero attached hydrogens (tertiary/aromatic N) is 3. The second-order valence-corrected chi connectivity index (χ2v) is 9.70. The summed E-state index contributed by atoms with van der Waals surface area (Å²) in [4.78, 5) is 22.6. The summed E-state index contributed by atoms with van der Waals surface area (Å²) in [7, 11) is 1.34. The topological polar surface area (TPSA) is 67.4 Å². The SMILES string of the molecule is CC.Cc1cc(F)c(NC(=O)c2ccnc(C(F)(F)F)c2)cc1-c1cnc(C#CSI)c(N2CCOCC2)c1. The maximum absolute atomic E-state index is 14.8. The fraction of sp³-hybridized carbons (Fsp3) is 0.296. The number of aryl methyl sites for hydroxylation is 1. The number of aromatic nitrogens is 2. The molecule has 0 unspecified atom stereocenters. The second-order valence-electron chi connectivity index (χ2n) is 8.02. The average Bonchev–Trinajstić information content (AvgIpc) is 2.94. The minimum Gasteiger partial charge on any atom is -0.378 e. The lowest BCUT2D eigenvalue weighted by Crippen LogP contribution is -2.36. The summed E-state index contributed by atoms with van der Waals surface area (Å²) in [6.45, 7) is 8.17. The van der Waals surface area contributed by atoms with E-state index in [0.29, 0.717) is 54.8 Å². The van der Waals surface area contributed by atoms with E-state index in [4.69, 9.17) is 4.74 Å². The van der Waals surface area contributed by atoms with Gasteiger partial charge < -0.3 is 15.0 Å². The molecule has 2 aromatic heterocycles. The van der Waals surface area contributed by atoms with Gasteiger partial charge in [-0.1, -0.05) is 13.8 Å². The summed E-state index contributed by atoms with van der Waals surface area (Å²) in [5, 5.41) is 5.32. The van der Waals surface area contributed by atoms with Crippen LogP contribution < -0.4 is 10.2 Å². The zero-order valence-corrected chi connectivity index (χ0v) is 24.3. The molecule has 4 rings (SSSR count). The molecule has 1 aromatic carbocycles. The van der Waals surface area contributed by atoms with Gasteiger partial charge in [-0.2, -0.15) is 13.2 Å². The number of pyridine rings is 2. The molecule has 3 aromatic rings. The summed E-state index contributed by atoms with van der Waals surface area (Å²) < 4.78 is 59.2. The predicted molar refractivity (Wildman–Crippen MR) is 154 cm³/mol. The van der Waals surface area contributed by atoms with E-state index in [9.17, 15) is 22.4 Å². The number of carbonyl (C=O) groups excluding carboxylic acids is 1. The van der Waals surface area contributed by atoms with Crippen molar-refractivity contribution in [2.45, 2.75) is 26.9 Å². The van der Waals surface area contributed by atoms with Crippen LogP contribution in [0.25, 0.3) is 11.1 Å². The number of benzene rings is 1. The molecular formula is C27H25F4IN4O2S. The fourth-order valence-electron chi connectivity index (χ4n) is 3.81. The van der Waals surface area contributed by atoms with E-state index in [0.717, 1.165) is 18.0 Å². The van der Waals surface area contributed by atoms with E-state index in [1.165, 1.54) is 21.1 Å². The van der Waals surface area contributed by atoms with Gasteiger partial charge in [0, 0.05) is 57.8 Å². The van der Waals surface area contributed by atoms with Crippen LogP contribution in [0, 0.1) is 23.9 Å². The molecule has 1 N–H and O–H groups in total. The Kier molecular flexibility index (Phi) is 11.0. The normalized spacial score (nSPS) is 13.1. The lowest BCUT2D eigenvalue weighted by atomic mass is 9.99. The number of morpholine rings is 1. The molecule has 0 spiro atoms. The smallest absolute Gasteiger partial charge is 0.378 e. The monoisotopic (exact) mass is 672 g/mol. The number of alkyl halides is 3. The Morgan fingerprint density at radius 1 is 1.15 bits per heavy atom. The molecule has 12 heteroatoms. The number of halogens is 5. The first-order valence-electron chi connectivity index (χ1n) is 11.9. The van der Waals surface area contributed by atoms with E-state index in [1.807, 2.05) is 19.9 Å². The number of carbonyl (C=O) groups is 1. The fourth-order valence-corrected chi connectivity index (χ4v) is 4.28. The van der Waals surface area contributed by atoms with Gasteiger partial charge in [0.1, 0.15) is 17.2 Å². The lowest BCUT2D eigenvalue weighted by molar-refractivity contribution is -0.141. The highest BCUT2D eigenvalue weighted by Crippen LogP contribution is 2.33. The van der Waals surface area contributed by atoms with Gasteiger partial charge in [-0.25, -0.2) is 9.37 Å². The standard InChI is InChI=1S/C25H19F4IN4O2S.C2H6/c1-15-10-19(26)21(33-24(35)16-2-4-31-23(12-16)25(27,28)29)13-18(15)17-11-22(34-5-7-36-8-6-34)20(32-14-17)3-9-37-30;1-2/h2,4,10-14H,5-8H2,1H3,(H,33,35);1-2H3. The van der Waals surface area contributed by atoms with Gasteiger partial charge in [0.15, 0.2) is 0 Å². The van der Waals surface area contributed by atoms with Crippen molar-refractivity contribution in [1.82, 2.24) is 9.97 Å². The Bertz CT molecular complexity index is 1390. The Hall–Kier alpha value is -2.89. The molecule has 0 bridgehead atoms. The molecule has 39 heavy (non-hydrogen) atoms. The molecule has 1 aliphatic heterocycles. The highest BCUT2D eigenvalue weighted by atomic mass is 127. The van der Waals surface area contributed by atoms with Crippen LogP contribution in [0.15, 0.2) is 42.7 Å². The van der Waals surface area contributed by atoms with E-state index >= 15 is 0 Å². The number of nitrogens with one attached hydrogen (secondary N) is 1. The maximum atomic E-state index is 14.8. The highest BCUT2D eigenvalue weighted by Gasteiger charge is 2.33. The van der Waals surface area contributed by atoms with E-state index in [-0.39, 0.29) is 11.3 Å². The number of anilines is 2. The first-order valence-corrected chi connectivity index (χ1v) is 15.3. The summed E-state index contributed by atoms with van der Waals surface area (Å²) >= 11 is 2.08. The zero-order valence-electron chi connectivity index (χ0n) is 21.3. The summed E-state index contributed by atoms with van der Waals surface area (Å²) in [5.74, 6) is 1.43. The first kappa shape index (κ1) is 30.6. The molecular weight excluding hydrogens is 647 g/mol. The van der Waals surface area contributed by atoms with Crippen molar-refractivity contribution in [3.8, 4) is 22.3 Å². The molecule has 1 saturated heterocycles. The molecule has 206 valence electrons. The van der Waals surface area contributed by atoms with Crippen LogP contribution in [-0.2, 0) is 10.9 Å². The Labute approximate surface area is 240 Å². The van der Waals surface area contributed by atoms with Crippen molar-refractivity contribution in [1.29, 1.82) is 0 Å². The number of rotatable bonds is 4. The predicted octanol–water partition coefficient (Wildman–Crippen LogP) is 7.12. The van der Waals surface area contributed by atoms with Crippen LogP contribution in [0.1, 0.15) is 41.2 Å². The molecule has 3 heterocycles. The van der Waals surface area contributed by atoms with Crippen molar-refractivity contribution in [2.24, 2.45) is 0 Å². The minimum absolute atomic E-state index is 0.172. The van der Waals surface area contributed by atoms with E-state index in [1.54, 1.807) is 13.1 Å². The van der Waals surface area contributed by atoms with Crippen LogP contribution >= 0.6 is 30.1 Å². The Morgan fingerprint density at radius 2 is 1.87 bits per heavy atom. The number of hydrogen-bond donors (Lipinski definition) is 1. The van der Waals surface area contributed by atoms with Crippen molar-refractivity contribution < 1.29 is 27.1 Å². The molecule has 0 aliphatic carbocycles. The molecule has 6 nitrogen and oxygen atoms in total. The number of amides is 1. The van der Waals surface area contributed by atoms with Gasteiger partial charge in [-0.15, -0.1) is 0 Å². The van der Waals surface area contributed by atoms with Crippen molar-refractivity contribution in [3.63, 3.8) is 0 Å². The Morgan fingerprint density at radius 3 is 2.54 bits per heavy atom. The third kappa shape index (κ3) is 7.83. The number of ether oxygens (including phenoxy) is 1. The lowest BCUT2D eigenvalue weighted by Gasteiger charge is -2.29. The van der Waals surface area contributed by atoms with Crippen molar-refractivity contribution >= 4 is 47.4 Å². The van der Waals surface area contributed by atoms with Crippen LogP contribution in [0.3, 0.4) is 0 Å². The molecule has 0 atom stereocenters. The average molecular weight is 672 g/mol. The Balaban J connectivity index is 0.00000205. The third-order valence-corrected chi connectivity index (χ3v) is 6.45. The zero-order chi connectivity index (χ0) is 28.6. The molecule has 1 fully saturated rings.